The molecule has 4 unspecified atom stereocenters. The molecular formula is C23H34N4O5S2. The molecule has 3 amide bonds. The monoisotopic (exact) mass is 510 g/mol. The van der Waals surface area contributed by atoms with Crippen molar-refractivity contribution in [2.24, 2.45) is 5.92 Å². The van der Waals surface area contributed by atoms with Crippen LogP contribution in [0.5, 0.6) is 0 Å². The third kappa shape index (κ3) is 8.89. The van der Waals surface area contributed by atoms with Gasteiger partial charge in [0.2, 0.25) is 11.8 Å². The largest absolute Gasteiger partial charge is 0.447 e. The van der Waals surface area contributed by atoms with Gasteiger partial charge in [-0.1, -0.05) is 60.3 Å². The molecule has 1 saturated heterocycles. The Kier molecular flexibility index (Phi) is 11.8. The molecule has 2 bridgehead atoms. The molecule has 2 heterocycles. The third-order valence-electron chi connectivity index (χ3n) is 5.36. The average Bonchev–Trinajstić information content (AvgIpc) is 2.79. The number of ether oxygens (including phenoxy) is 1. The van der Waals surface area contributed by atoms with Crippen molar-refractivity contribution < 1.29 is 23.9 Å². The molecule has 188 valence electrons. The van der Waals surface area contributed by atoms with Gasteiger partial charge in [0, 0.05) is 30.5 Å². The fourth-order valence-corrected chi connectivity index (χ4v) is 5.33. The van der Waals surface area contributed by atoms with Gasteiger partial charge in [0.05, 0.1) is 12.5 Å². The van der Waals surface area contributed by atoms with Crippen LogP contribution < -0.4 is 21.3 Å². The quantitative estimate of drug-likeness (QED) is 0.188. The summed E-state index contributed by atoms with van der Waals surface area (Å²) in [5, 5.41) is 11.5. The van der Waals surface area contributed by atoms with Gasteiger partial charge in [-0.2, -0.15) is 0 Å². The minimum absolute atomic E-state index is 0.0576. The highest BCUT2D eigenvalue weighted by molar-refractivity contribution is 8.76. The van der Waals surface area contributed by atoms with E-state index in [1.165, 1.54) is 16.9 Å². The van der Waals surface area contributed by atoms with Gasteiger partial charge in [0.15, 0.2) is 6.10 Å². The molecule has 1 fully saturated rings. The normalized spacial score (nSPS) is 29.3. The van der Waals surface area contributed by atoms with Crippen molar-refractivity contribution >= 4 is 45.3 Å². The molecular weight excluding hydrogens is 476 g/mol. The lowest BCUT2D eigenvalue weighted by molar-refractivity contribution is -0.151. The van der Waals surface area contributed by atoms with E-state index in [0.29, 0.717) is 24.5 Å². The second kappa shape index (κ2) is 14.3. The van der Waals surface area contributed by atoms with Crippen LogP contribution in [0, 0.1) is 17.8 Å². The van der Waals surface area contributed by atoms with Crippen LogP contribution in [0.15, 0.2) is 11.8 Å². The molecule has 0 radical (unpaired) electrons. The molecule has 4 N–H and O–H groups in total. The zero-order chi connectivity index (χ0) is 25.1. The summed E-state index contributed by atoms with van der Waals surface area (Å²) in [6.07, 6.45) is 1.27. The van der Waals surface area contributed by atoms with E-state index in [2.05, 4.69) is 33.1 Å². The SMILES string of the molecule is C/C=C1\NC(=O)C2CSSCCC#CC(CC(=O)NC(C(C)C)CN2)OC(=O)C(CC)NC1=O. The van der Waals surface area contributed by atoms with Crippen molar-refractivity contribution in [1.29, 1.82) is 0 Å². The van der Waals surface area contributed by atoms with Gasteiger partial charge < -0.3 is 26.0 Å². The van der Waals surface area contributed by atoms with Crippen LogP contribution >= 0.6 is 21.6 Å². The number of rotatable bonds is 2. The first kappa shape index (κ1) is 28.1. The Morgan fingerprint density at radius 3 is 2.62 bits per heavy atom. The maximum Gasteiger partial charge on any atom is 0.329 e. The molecule has 0 spiro atoms. The van der Waals surface area contributed by atoms with Gasteiger partial charge in [-0.3, -0.25) is 14.4 Å². The molecule has 0 aromatic carbocycles. The lowest BCUT2D eigenvalue weighted by atomic mass is 10.0. The predicted octanol–water partition coefficient (Wildman–Crippen LogP) is 1.10. The molecule has 11 heteroatoms. The van der Waals surface area contributed by atoms with Crippen LogP contribution in [-0.2, 0) is 23.9 Å². The maximum atomic E-state index is 13.1. The molecule has 0 saturated carbocycles. The van der Waals surface area contributed by atoms with E-state index in [-0.39, 0.29) is 42.3 Å². The molecule has 0 aliphatic carbocycles. The van der Waals surface area contributed by atoms with Crippen LogP contribution in [-0.4, -0.2) is 66.0 Å². The van der Waals surface area contributed by atoms with Gasteiger partial charge in [0.25, 0.3) is 5.91 Å². The summed E-state index contributed by atoms with van der Waals surface area (Å²) in [4.78, 5) is 51.5. The average molecular weight is 511 g/mol. The van der Waals surface area contributed by atoms with Crippen molar-refractivity contribution in [3.8, 4) is 11.8 Å². The van der Waals surface area contributed by atoms with Crippen molar-refractivity contribution in [3.05, 3.63) is 11.8 Å². The standard InChI is InChI=1S/C23H34N4O5S2/c1-5-16-21(29)27-17(6-2)23(31)32-15-9-7-8-10-33-34-13-19(22(30)26-16)24-12-18(14(3)4)25-20(28)11-15/h5,14-15,17-19,24H,6,8,10-13H2,1-4H3,(H,25,28)(H,26,30)(H,27,29)/b16-5-. The summed E-state index contributed by atoms with van der Waals surface area (Å²) in [7, 11) is 3.12. The lowest BCUT2D eigenvalue weighted by Gasteiger charge is -2.27. The number of nitrogens with one attached hydrogen (secondary N) is 4. The van der Waals surface area contributed by atoms with Crippen molar-refractivity contribution in [2.45, 2.75) is 71.2 Å². The highest BCUT2D eigenvalue weighted by Crippen LogP contribution is 2.23. The summed E-state index contributed by atoms with van der Waals surface area (Å²) < 4.78 is 5.55. The molecule has 34 heavy (non-hydrogen) atoms. The summed E-state index contributed by atoms with van der Waals surface area (Å²) >= 11 is 0. The van der Waals surface area contributed by atoms with Crippen LogP contribution in [0.4, 0.5) is 0 Å². The first-order valence-corrected chi connectivity index (χ1v) is 14.0. The van der Waals surface area contributed by atoms with Gasteiger partial charge in [-0.15, -0.1) is 0 Å². The maximum absolute atomic E-state index is 13.1. The summed E-state index contributed by atoms with van der Waals surface area (Å²) in [6, 6.07) is -1.79. The fraction of sp³-hybridized carbons (Fsp3) is 0.652. The van der Waals surface area contributed by atoms with E-state index in [4.69, 9.17) is 4.74 Å². The van der Waals surface area contributed by atoms with Crippen molar-refractivity contribution in [1.82, 2.24) is 21.3 Å². The van der Waals surface area contributed by atoms with Gasteiger partial charge in [0.1, 0.15) is 11.7 Å². The first-order valence-electron chi connectivity index (χ1n) is 11.5. The summed E-state index contributed by atoms with van der Waals surface area (Å²) in [5.74, 6) is 5.24. The number of fused-ring (bicyclic) bond motifs is 7. The van der Waals surface area contributed by atoms with E-state index in [9.17, 15) is 19.2 Å². The minimum Gasteiger partial charge on any atom is -0.447 e. The highest BCUT2D eigenvalue weighted by Gasteiger charge is 2.29. The van der Waals surface area contributed by atoms with Crippen LogP contribution in [0.1, 0.15) is 47.0 Å². The van der Waals surface area contributed by atoms with Crippen molar-refractivity contribution in [2.75, 3.05) is 18.1 Å². The van der Waals surface area contributed by atoms with Gasteiger partial charge >= 0.3 is 5.97 Å². The first-order chi connectivity index (χ1) is 16.2. The Bertz CT molecular complexity index is 852. The number of allylic oxidation sites excluding steroid dienone is 1. The second-order valence-corrected chi connectivity index (χ2v) is 10.9. The van der Waals surface area contributed by atoms with Crippen LogP contribution in [0.3, 0.4) is 0 Å². The van der Waals surface area contributed by atoms with Gasteiger partial charge in [-0.25, -0.2) is 4.79 Å². The Labute approximate surface area is 209 Å². The zero-order valence-corrected chi connectivity index (χ0v) is 21.7. The number of amides is 3. The zero-order valence-electron chi connectivity index (χ0n) is 20.1. The van der Waals surface area contributed by atoms with E-state index >= 15 is 0 Å². The number of hydrogen-bond acceptors (Lipinski definition) is 8. The number of carbonyl (C=O) groups is 4. The van der Waals surface area contributed by atoms with Gasteiger partial charge in [-0.05, 0) is 19.3 Å². The molecule has 0 aromatic heterocycles. The molecule has 4 atom stereocenters. The fourth-order valence-electron chi connectivity index (χ4n) is 3.23. The Morgan fingerprint density at radius 2 is 1.94 bits per heavy atom. The Morgan fingerprint density at radius 1 is 1.18 bits per heavy atom. The van der Waals surface area contributed by atoms with E-state index < -0.39 is 30.1 Å². The molecule has 2 aliphatic rings. The number of esters is 1. The lowest BCUT2D eigenvalue weighted by Crippen LogP contribution is -2.54. The van der Waals surface area contributed by atoms with E-state index in [1.807, 2.05) is 13.8 Å². The third-order valence-corrected chi connectivity index (χ3v) is 7.78. The Balaban J connectivity index is 2.46. The topological polar surface area (TPSA) is 126 Å². The van der Waals surface area contributed by atoms with Crippen molar-refractivity contribution in [3.63, 3.8) is 0 Å². The second-order valence-electron chi connectivity index (χ2n) is 8.31. The van der Waals surface area contributed by atoms with Crippen LogP contribution in [0.25, 0.3) is 0 Å². The molecule has 2 aliphatic heterocycles. The molecule has 0 aromatic rings. The number of carbonyl (C=O) groups excluding carboxylic acids is 4. The summed E-state index contributed by atoms with van der Waals surface area (Å²) in [5.41, 5.74) is 0.0576. The minimum atomic E-state index is -0.946. The van der Waals surface area contributed by atoms with E-state index in [1.54, 1.807) is 24.6 Å². The van der Waals surface area contributed by atoms with E-state index in [0.717, 1.165) is 0 Å². The smallest absolute Gasteiger partial charge is 0.329 e. The molecule has 2 rings (SSSR count). The highest BCUT2D eigenvalue weighted by atomic mass is 33.1. The Hall–Kier alpha value is -2.16. The number of hydrogen-bond donors (Lipinski definition) is 4. The molecule has 9 nitrogen and oxygen atoms in total. The summed E-state index contributed by atoms with van der Waals surface area (Å²) in [6.45, 7) is 7.68. The van der Waals surface area contributed by atoms with Crippen LogP contribution in [0.2, 0.25) is 0 Å². The predicted molar refractivity (Wildman–Crippen MR) is 134 cm³/mol.